The van der Waals surface area contributed by atoms with Gasteiger partial charge in [-0.2, -0.15) is 0 Å². The maximum atomic E-state index is 2.57. The van der Waals surface area contributed by atoms with Gasteiger partial charge in [0.15, 0.2) is 0 Å². The number of para-hydroxylation sites is 1. The van der Waals surface area contributed by atoms with Crippen molar-refractivity contribution in [1.29, 1.82) is 0 Å². The van der Waals surface area contributed by atoms with Gasteiger partial charge >= 0.3 is 0 Å². The Labute approximate surface area is 253 Å². The highest BCUT2D eigenvalue weighted by atomic mass is 32.1. The summed E-state index contributed by atoms with van der Waals surface area (Å²) in [5.74, 6) is 0. The molecule has 2 heteroatoms. The third-order valence-electron chi connectivity index (χ3n) is 9.94. The van der Waals surface area contributed by atoms with Gasteiger partial charge in [0, 0.05) is 37.0 Å². The number of nitrogens with zero attached hydrogens (tertiary/aromatic N) is 1. The summed E-state index contributed by atoms with van der Waals surface area (Å²) >= 11 is 1.90. The van der Waals surface area contributed by atoms with Crippen LogP contribution in [0.25, 0.3) is 80.3 Å². The van der Waals surface area contributed by atoms with Gasteiger partial charge in [-0.3, -0.25) is 0 Å². The van der Waals surface area contributed by atoms with Gasteiger partial charge in [0.2, 0.25) is 0 Å². The van der Waals surface area contributed by atoms with E-state index < -0.39 is 0 Å². The Morgan fingerprint density at radius 1 is 0.535 bits per heavy atom. The van der Waals surface area contributed by atoms with Crippen LogP contribution in [-0.2, 0) is 5.41 Å². The molecule has 0 spiro atoms. The molecule has 0 aliphatic heterocycles. The van der Waals surface area contributed by atoms with Gasteiger partial charge < -0.3 is 4.57 Å². The van der Waals surface area contributed by atoms with E-state index in [9.17, 15) is 0 Å². The molecule has 1 aliphatic rings. The highest BCUT2D eigenvalue weighted by Gasteiger charge is 2.38. The molecule has 43 heavy (non-hydrogen) atoms. The number of rotatable bonds is 1. The van der Waals surface area contributed by atoms with E-state index in [4.69, 9.17) is 0 Å². The van der Waals surface area contributed by atoms with Gasteiger partial charge in [-0.25, -0.2) is 0 Å². The molecule has 10 rings (SSSR count). The van der Waals surface area contributed by atoms with Crippen LogP contribution in [0.4, 0.5) is 0 Å². The van der Waals surface area contributed by atoms with Crippen LogP contribution < -0.4 is 0 Å². The molecule has 0 fully saturated rings. The van der Waals surface area contributed by atoms with E-state index in [0.29, 0.717) is 0 Å². The zero-order chi connectivity index (χ0) is 28.4. The maximum Gasteiger partial charge on any atom is 0.0641 e. The fourth-order valence-corrected chi connectivity index (χ4v) is 9.40. The number of thiophene rings is 1. The molecule has 0 radical (unpaired) electrons. The molecular weight excluding hydrogens is 539 g/mol. The molecular formula is C41H27NS. The van der Waals surface area contributed by atoms with Gasteiger partial charge in [-0.05, 0) is 56.6 Å². The van der Waals surface area contributed by atoms with Crippen LogP contribution >= 0.6 is 11.3 Å². The zero-order valence-electron chi connectivity index (χ0n) is 24.0. The van der Waals surface area contributed by atoms with Gasteiger partial charge in [-0.15, -0.1) is 11.3 Å². The van der Waals surface area contributed by atoms with E-state index in [1.165, 1.54) is 91.5 Å². The molecule has 0 unspecified atom stereocenters. The standard InChI is InChI=1S/C41H27NS/c1-41(2)32-18-8-5-16-30(32)36-31-23-22-28-24-12-6-9-19-33(24)42(39(28)37(31)26-14-3-4-15-27(26)38(36)41)34-20-11-17-29-25-13-7-10-21-35(25)43-40(29)34/h3-23H,1-2H3. The van der Waals surface area contributed by atoms with Crippen LogP contribution in [0.1, 0.15) is 25.0 Å². The van der Waals surface area contributed by atoms with Gasteiger partial charge in [0.05, 0.1) is 21.4 Å². The lowest BCUT2D eigenvalue weighted by atomic mass is 9.79. The van der Waals surface area contributed by atoms with Crippen molar-refractivity contribution >= 4 is 74.9 Å². The van der Waals surface area contributed by atoms with Crippen molar-refractivity contribution in [3.8, 4) is 16.8 Å². The highest BCUT2D eigenvalue weighted by molar-refractivity contribution is 7.26. The van der Waals surface area contributed by atoms with E-state index in [1.54, 1.807) is 0 Å². The first-order valence-electron chi connectivity index (χ1n) is 15.0. The fraction of sp³-hybridized carbons (Fsp3) is 0.0732. The Balaban J connectivity index is 1.48. The van der Waals surface area contributed by atoms with Crippen molar-refractivity contribution in [2.45, 2.75) is 19.3 Å². The average molecular weight is 566 g/mol. The van der Waals surface area contributed by atoms with Crippen molar-refractivity contribution in [1.82, 2.24) is 4.57 Å². The number of hydrogen-bond donors (Lipinski definition) is 0. The van der Waals surface area contributed by atoms with Gasteiger partial charge in [-0.1, -0.05) is 123 Å². The van der Waals surface area contributed by atoms with Gasteiger partial charge in [0.25, 0.3) is 0 Å². The lowest BCUT2D eigenvalue weighted by molar-refractivity contribution is 0.666. The van der Waals surface area contributed by atoms with E-state index in [2.05, 4.69) is 146 Å². The van der Waals surface area contributed by atoms with Crippen molar-refractivity contribution < 1.29 is 0 Å². The molecule has 7 aromatic carbocycles. The van der Waals surface area contributed by atoms with Crippen molar-refractivity contribution in [2.24, 2.45) is 0 Å². The molecule has 2 heterocycles. The first-order valence-corrected chi connectivity index (χ1v) is 15.9. The molecule has 0 atom stereocenters. The van der Waals surface area contributed by atoms with Crippen LogP contribution in [0.15, 0.2) is 127 Å². The molecule has 0 amide bonds. The monoisotopic (exact) mass is 565 g/mol. The summed E-state index contributed by atoms with van der Waals surface area (Å²) in [6.07, 6.45) is 0. The molecule has 2 aromatic heterocycles. The first kappa shape index (κ1) is 23.6. The third-order valence-corrected chi connectivity index (χ3v) is 11.1. The minimum absolute atomic E-state index is 0.0793. The largest absolute Gasteiger partial charge is 0.307 e. The number of fused-ring (bicyclic) bond motifs is 15. The van der Waals surface area contributed by atoms with E-state index >= 15 is 0 Å². The fourth-order valence-electron chi connectivity index (χ4n) is 8.20. The molecule has 0 N–H and O–H groups in total. The summed E-state index contributed by atoms with van der Waals surface area (Å²) in [7, 11) is 0. The van der Waals surface area contributed by atoms with Gasteiger partial charge in [0.1, 0.15) is 0 Å². The number of hydrogen-bond acceptors (Lipinski definition) is 1. The van der Waals surface area contributed by atoms with Crippen LogP contribution in [-0.4, -0.2) is 4.57 Å². The Morgan fingerprint density at radius 3 is 2.09 bits per heavy atom. The summed E-state index contributed by atoms with van der Waals surface area (Å²) in [5, 5.41) is 10.6. The first-order chi connectivity index (χ1) is 21.1. The minimum atomic E-state index is -0.0793. The quantitative estimate of drug-likeness (QED) is 0.174. The molecule has 1 aliphatic carbocycles. The number of aromatic nitrogens is 1. The predicted molar refractivity (Wildman–Crippen MR) is 186 cm³/mol. The van der Waals surface area contributed by atoms with Crippen LogP contribution in [0, 0.1) is 0 Å². The minimum Gasteiger partial charge on any atom is -0.307 e. The molecule has 202 valence electrons. The SMILES string of the molecule is CC1(C)c2ccccc2-c2c1c1ccccc1c1c2ccc2c3ccccc3n(-c3cccc4c3sc3ccccc34)c21. The van der Waals surface area contributed by atoms with Crippen molar-refractivity contribution in [2.75, 3.05) is 0 Å². The zero-order valence-corrected chi connectivity index (χ0v) is 24.8. The lowest BCUT2D eigenvalue weighted by Crippen LogP contribution is -2.15. The predicted octanol–water partition coefficient (Wildman–Crippen LogP) is 11.8. The maximum absolute atomic E-state index is 2.57. The summed E-state index contributed by atoms with van der Waals surface area (Å²) in [6, 6.07) is 47.5. The highest BCUT2D eigenvalue weighted by Crippen LogP contribution is 2.56. The molecule has 9 aromatic rings. The Bertz CT molecular complexity index is 2650. The second kappa shape index (κ2) is 8.12. The van der Waals surface area contributed by atoms with E-state index in [1.807, 2.05) is 11.3 Å². The molecule has 0 saturated carbocycles. The molecule has 0 bridgehead atoms. The lowest BCUT2D eigenvalue weighted by Gasteiger charge is -2.24. The topological polar surface area (TPSA) is 4.93 Å². The van der Waals surface area contributed by atoms with Crippen molar-refractivity contribution in [3.63, 3.8) is 0 Å². The Morgan fingerprint density at radius 2 is 1.21 bits per heavy atom. The molecule has 0 saturated heterocycles. The van der Waals surface area contributed by atoms with Crippen LogP contribution in [0.2, 0.25) is 0 Å². The summed E-state index contributed by atoms with van der Waals surface area (Å²) in [5.41, 5.74) is 9.35. The van der Waals surface area contributed by atoms with E-state index in [0.717, 1.165) is 0 Å². The smallest absolute Gasteiger partial charge is 0.0641 e. The Kier molecular flexibility index (Phi) is 4.46. The average Bonchev–Trinajstić information content (AvgIpc) is 3.67. The summed E-state index contributed by atoms with van der Waals surface area (Å²) in [4.78, 5) is 0. The second-order valence-corrected chi connectivity index (χ2v) is 13.5. The number of benzene rings is 7. The molecule has 1 nitrogen and oxygen atoms in total. The third kappa shape index (κ3) is 2.87. The van der Waals surface area contributed by atoms with Crippen molar-refractivity contribution in [3.05, 3.63) is 139 Å². The Hall–Kier alpha value is -4.92. The summed E-state index contributed by atoms with van der Waals surface area (Å²) < 4.78 is 5.23. The van der Waals surface area contributed by atoms with Crippen LogP contribution in [0.5, 0.6) is 0 Å². The second-order valence-electron chi connectivity index (χ2n) is 12.5. The summed E-state index contributed by atoms with van der Waals surface area (Å²) in [6.45, 7) is 4.79. The normalized spacial score (nSPS) is 14.0. The van der Waals surface area contributed by atoms with E-state index in [-0.39, 0.29) is 5.41 Å². The van der Waals surface area contributed by atoms with Crippen LogP contribution in [0.3, 0.4) is 0 Å².